The molecule has 20 heavy (non-hydrogen) atoms. The first-order valence-electron chi connectivity index (χ1n) is 7.83. The molecule has 0 spiro atoms. The summed E-state index contributed by atoms with van der Waals surface area (Å²) in [6.45, 7) is 2.35. The second-order valence-electron chi connectivity index (χ2n) is 6.24. The highest BCUT2D eigenvalue weighted by molar-refractivity contribution is 5.79. The Morgan fingerprint density at radius 3 is 2.50 bits per heavy atom. The van der Waals surface area contributed by atoms with Crippen LogP contribution < -0.4 is 5.73 Å². The van der Waals surface area contributed by atoms with Crippen LogP contribution in [0.1, 0.15) is 37.2 Å². The molecule has 3 heteroatoms. The number of carbonyl (C=O) groups excluding carboxylic acids is 1. The number of likely N-dealkylation sites (tertiary alicyclic amines) is 1. The Morgan fingerprint density at radius 1 is 1.15 bits per heavy atom. The second-order valence-corrected chi connectivity index (χ2v) is 6.24. The first-order chi connectivity index (χ1) is 9.79. The minimum atomic E-state index is 0.281. The van der Waals surface area contributed by atoms with Crippen molar-refractivity contribution in [3.05, 3.63) is 35.9 Å². The zero-order chi connectivity index (χ0) is 13.9. The molecular weight excluding hydrogens is 248 g/mol. The molecule has 1 aliphatic heterocycles. The lowest BCUT2D eigenvalue weighted by Gasteiger charge is -2.20. The van der Waals surface area contributed by atoms with Gasteiger partial charge in [0.1, 0.15) is 0 Å². The number of carbonyl (C=O) groups is 1. The Morgan fingerprint density at radius 2 is 1.85 bits per heavy atom. The summed E-state index contributed by atoms with van der Waals surface area (Å²) in [5.41, 5.74) is 7.26. The van der Waals surface area contributed by atoms with Crippen LogP contribution in [0.3, 0.4) is 0 Å². The molecule has 2 fully saturated rings. The van der Waals surface area contributed by atoms with Crippen molar-refractivity contribution in [2.24, 2.45) is 17.6 Å². The Hall–Kier alpha value is -1.35. The molecule has 1 saturated carbocycles. The van der Waals surface area contributed by atoms with Gasteiger partial charge in [-0.25, -0.2) is 0 Å². The highest BCUT2D eigenvalue weighted by atomic mass is 16.2. The van der Waals surface area contributed by atoms with Crippen LogP contribution in [0.4, 0.5) is 0 Å². The lowest BCUT2D eigenvalue weighted by Crippen LogP contribution is -2.34. The predicted octanol–water partition coefficient (Wildman–Crippen LogP) is 2.38. The predicted molar refractivity (Wildman–Crippen MR) is 80.3 cm³/mol. The number of amides is 1. The molecule has 0 aromatic heterocycles. The highest BCUT2D eigenvalue weighted by Gasteiger charge is 2.37. The van der Waals surface area contributed by atoms with Crippen LogP contribution in [0.2, 0.25) is 0 Å². The molecule has 3 rings (SSSR count). The molecule has 1 aromatic rings. The SMILES string of the molecule is NC[C@@H]1CN(C(=O)C2CCCC2)C[C@H]1c1ccccc1. The summed E-state index contributed by atoms with van der Waals surface area (Å²) in [6.07, 6.45) is 4.59. The maximum atomic E-state index is 12.6. The van der Waals surface area contributed by atoms with Gasteiger partial charge in [-0.05, 0) is 30.9 Å². The van der Waals surface area contributed by atoms with Crippen LogP contribution in [0.25, 0.3) is 0 Å². The summed E-state index contributed by atoms with van der Waals surface area (Å²) in [6, 6.07) is 10.5. The van der Waals surface area contributed by atoms with E-state index >= 15 is 0 Å². The van der Waals surface area contributed by atoms with E-state index in [0.29, 0.717) is 24.3 Å². The van der Waals surface area contributed by atoms with Crippen molar-refractivity contribution >= 4 is 5.91 Å². The largest absolute Gasteiger partial charge is 0.341 e. The van der Waals surface area contributed by atoms with E-state index < -0.39 is 0 Å². The van der Waals surface area contributed by atoms with Crippen molar-refractivity contribution in [3.8, 4) is 0 Å². The second kappa shape index (κ2) is 5.96. The molecular formula is C17H24N2O. The molecule has 0 unspecified atom stereocenters. The standard InChI is InChI=1S/C17H24N2O/c18-10-15-11-19(17(20)14-8-4-5-9-14)12-16(15)13-6-2-1-3-7-13/h1-3,6-7,14-16H,4-5,8-12,18H2/t15-,16+/m1/s1. The molecule has 1 amide bonds. The Labute approximate surface area is 121 Å². The van der Waals surface area contributed by atoms with E-state index in [4.69, 9.17) is 5.73 Å². The fourth-order valence-electron chi connectivity index (χ4n) is 3.80. The molecule has 108 valence electrons. The lowest BCUT2D eigenvalue weighted by molar-refractivity contribution is -0.134. The van der Waals surface area contributed by atoms with Crippen molar-refractivity contribution in [1.29, 1.82) is 0 Å². The monoisotopic (exact) mass is 272 g/mol. The third-order valence-electron chi connectivity index (χ3n) is 4.99. The third kappa shape index (κ3) is 2.59. The van der Waals surface area contributed by atoms with Gasteiger partial charge >= 0.3 is 0 Å². The van der Waals surface area contributed by atoms with Gasteiger partial charge in [0, 0.05) is 24.9 Å². The number of nitrogens with two attached hydrogens (primary N) is 1. The van der Waals surface area contributed by atoms with Crippen molar-refractivity contribution < 1.29 is 4.79 Å². The maximum absolute atomic E-state index is 12.6. The van der Waals surface area contributed by atoms with Crippen LogP contribution in [0.5, 0.6) is 0 Å². The smallest absolute Gasteiger partial charge is 0.225 e. The summed E-state index contributed by atoms with van der Waals surface area (Å²) in [4.78, 5) is 14.6. The topological polar surface area (TPSA) is 46.3 Å². The molecule has 1 saturated heterocycles. The number of nitrogens with zero attached hydrogens (tertiary/aromatic N) is 1. The van der Waals surface area contributed by atoms with Crippen molar-refractivity contribution in [3.63, 3.8) is 0 Å². The minimum Gasteiger partial charge on any atom is -0.341 e. The molecule has 0 radical (unpaired) electrons. The first kappa shape index (κ1) is 13.6. The first-order valence-corrected chi connectivity index (χ1v) is 7.83. The quantitative estimate of drug-likeness (QED) is 0.918. The van der Waals surface area contributed by atoms with Crippen LogP contribution in [-0.4, -0.2) is 30.4 Å². The number of rotatable bonds is 3. The molecule has 1 heterocycles. The van der Waals surface area contributed by atoms with E-state index in [9.17, 15) is 4.79 Å². The van der Waals surface area contributed by atoms with Crippen LogP contribution >= 0.6 is 0 Å². The third-order valence-corrected chi connectivity index (χ3v) is 4.99. The molecule has 2 atom stereocenters. The van der Waals surface area contributed by atoms with Crippen molar-refractivity contribution in [2.45, 2.75) is 31.6 Å². The van der Waals surface area contributed by atoms with Crippen molar-refractivity contribution in [1.82, 2.24) is 4.90 Å². The van der Waals surface area contributed by atoms with Gasteiger partial charge in [-0.15, -0.1) is 0 Å². The lowest BCUT2D eigenvalue weighted by atomic mass is 9.89. The molecule has 2 aliphatic rings. The van der Waals surface area contributed by atoms with E-state index in [1.807, 2.05) is 6.07 Å². The van der Waals surface area contributed by atoms with Crippen LogP contribution in [0, 0.1) is 11.8 Å². The molecule has 3 nitrogen and oxygen atoms in total. The van der Waals surface area contributed by atoms with Gasteiger partial charge in [0.25, 0.3) is 0 Å². The van der Waals surface area contributed by atoms with Crippen LogP contribution in [-0.2, 0) is 4.79 Å². The molecule has 0 bridgehead atoms. The fraction of sp³-hybridized carbons (Fsp3) is 0.588. The summed E-state index contributed by atoms with van der Waals surface area (Å²) in [5, 5.41) is 0. The summed E-state index contributed by atoms with van der Waals surface area (Å²) in [5.74, 6) is 1.47. The molecule has 1 aromatic carbocycles. The van der Waals surface area contributed by atoms with E-state index in [-0.39, 0.29) is 5.92 Å². The zero-order valence-electron chi connectivity index (χ0n) is 12.0. The van der Waals surface area contributed by atoms with E-state index in [2.05, 4.69) is 29.2 Å². The van der Waals surface area contributed by atoms with Crippen LogP contribution in [0.15, 0.2) is 30.3 Å². The Balaban J connectivity index is 1.72. The summed E-state index contributed by atoms with van der Waals surface area (Å²) < 4.78 is 0. The Bertz CT molecular complexity index is 453. The average Bonchev–Trinajstić information content (AvgIpc) is 3.17. The summed E-state index contributed by atoms with van der Waals surface area (Å²) in [7, 11) is 0. The van der Waals surface area contributed by atoms with Gasteiger partial charge in [0.2, 0.25) is 5.91 Å². The number of benzene rings is 1. The maximum Gasteiger partial charge on any atom is 0.225 e. The van der Waals surface area contributed by atoms with Gasteiger partial charge in [0.15, 0.2) is 0 Å². The highest BCUT2D eigenvalue weighted by Crippen LogP contribution is 2.35. The number of hydrogen-bond acceptors (Lipinski definition) is 2. The van der Waals surface area contributed by atoms with Gasteiger partial charge in [-0.3, -0.25) is 4.79 Å². The normalized spacial score (nSPS) is 27.1. The van der Waals surface area contributed by atoms with E-state index in [0.717, 1.165) is 25.9 Å². The minimum absolute atomic E-state index is 0.281. The number of hydrogen-bond donors (Lipinski definition) is 1. The molecule has 1 aliphatic carbocycles. The zero-order valence-corrected chi connectivity index (χ0v) is 12.0. The molecule has 2 N–H and O–H groups in total. The van der Waals surface area contributed by atoms with Crippen molar-refractivity contribution in [2.75, 3.05) is 19.6 Å². The van der Waals surface area contributed by atoms with Gasteiger partial charge in [0.05, 0.1) is 0 Å². The summed E-state index contributed by atoms with van der Waals surface area (Å²) >= 11 is 0. The van der Waals surface area contributed by atoms with Gasteiger partial charge in [-0.1, -0.05) is 43.2 Å². The van der Waals surface area contributed by atoms with E-state index in [1.165, 1.54) is 18.4 Å². The Kier molecular flexibility index (Phi) is 4.06. The average molecular weight is 272 g/mol. The van der Waals surface area contributed by atoms with Gasteiger partial charge in [-0.2, -0.15) is 0 Å². The van der Waals surface area contributed by atoms with E-state index in [1.54, 1.807) is 0 Å². The fourth-order valence-corrected chi connectivity index (χ4v) is 3.80. The van der Waals surface area contributed by atoms with Gasteiger partial charge < -0.3 is 10.6 Å².